The van der Waals surface area contributed by atoms with Crippen molar-refractivity contribution in [2.45, 2.75) is 51.6 Å². The number of hydrogen-bond donors (Lipinski definition) is 0. The van der Waals surface area contributed by atoms with Gasteiger partial charge in [-0.2, -0.15) is 0 Å². The Labute approximate surface area is 127 Å². The molecule has 21 heavy (non-hydrogen) atoms. The highest BCUT2D eigenvalue weighted by atomic mass is 16.6. The lowest BCUT2D eigenvalue weighted by Crippen LogP contribution is -2.27. The van der Waals surface area contributed by atoms with Gasteiger partial charge in [-0.05, 0) is 32.8 Å². The zero-order valence-electron chi connectivity index (χ0n) is 13.2. The van der Waals surface area contributed by atoms with Crippen LogP contribution in [0.4, 0.5) is 0 Å². The van der Waals surface area contributed by atoms with Gasteiger partial charge in [0.2, 0.25) is 0 Å². The largest absolute Gasteiger partial charge is 0.461 e. The lowest BCUT2D eigenvalue weighted by Gasteiger charge is -2.22. The van der Waals surface area contributed by atoms with Crippen LogP contribution in [-0.4, -0.2) is 25.4 Å². The summed E-state index contributed by atoms with van der Waals surface area (Å²) in [6.07, 6.45) is 0.649. The number of carbonyl (C=O) groups is 2. The second-order valence-electron chi connectivity index (χ2n) is 6.12. The van der Waals surface area contributed by atoms with Gasteiger partial charge in [0.15, 0.2) is 0 Å². The van der Waals surface area contributed by atoms with Crippen LogP contribution in [0.25, 0.3) is 0 Å². The molecule has 0 radical (unpaired) electrons. The fourth-order valence-corrected chi connectivity index (χ4v) is 1.66. The monoisotopic (exact) mass is 290 g/mol. The van der Waals surface area contributed by atoms with E-state index in [1.807, 2.05) is 51.1 Å². The molecule has 0 aliphatic heterocycles. The molecule has 1 aromatic carbocycles. The molecule has 0 saturated heterocycles. The maximum Gasteiger partial charge on any atom is 0.306 e. The summed E-state index contributed by atoms with van der Waals surface area (Å²) in [5.74, 6) is -0.888. The van der Waals surface area contributed by atoms with Crippen LogP contribution in [0.1, 0.15) is 39.2 Å². The van der Waals surface area contributed by atoms with E-state index < -0.39 is 5.60 Å². The number of rotatable bonds is 6. The molecule has 0 amide bonds. The molecule has 0 aliphatic carbocycles. The average Bonchev–Trinajstić information content (AvgIpc) is 2.41. The minimum Gasteiger partial charge on any atom is -0.461 e. The van der Waals surface area contributed by atoms with Crippen molar-refractivity contribution in [3.63, 3.8) is 0 Å². The number of carbonyl (C=O) groups excluding carboxylic acids is 2. The average molecular weight is 290 g/mol. The zero-order chi connectivity index (χ0) is 15.9. The molecule has 0 heterocycles. The molecule has 0 spiro atoms. The van der Waals surface area contributed by atoms with Crippen molar-refractivity contribution in [1.29, 1.82) is 0 Å². The highest BCUT2D eigenvalue weighted by Gasteiger charge is 2.22. The molecule has 1 rings (SSSR count). The molecule has 0 bridgehead atoms. The molecule has 114 valence electrons. The first-order valence-electron chi connectivity index (χ1n) is 7.20. The molecule has 0 N–H and O–H groups in total. The normalized spacial score (nSPS) is 12.5. The first-order chi connectivity index (χ1) is 9.78. The molecular formula is C16H23BO4. The molecule has 4 nitrogen and oxygen atoms in total. The number of esters is 2. The summed E-state index contributed by atoms with van der Waals surface area (Å²) in [5, 5.41) is 0. The number of benzene rings is 1. The smallest absolute Gasteiger partial charge is 0.306 e. The molecule has 1 aromatic rings. The van der Waals surface area contributed by atoms with Gasteiger partial charge in [0.25, 0.3) is 0 Å². The summed E-state index contributed by atoms with van der Waals surface area (Å²) in [6, 6.07) is 9.50. The van der Waals surface area contributed by atoms with Crippen molar-refractivity contribution in [3.8, 4) is 0 Å². The maximum atomic E-state index is 11.8. The summed E-state index contributed by atoms with van der Waals surface area (Å²) in [5.41, 5.74) is 0.449. The third-order valence-corrected chi connectivity index (χ3v) is 2.83. The second-order valence-corrected chi connectivity index (χ2v) is 6.12. The van der Waals surface area contributed by atoms with E-state index in [0.29, 0.717) is 6.42 Å². The van der Waals surface area contributed by atoms with Gasteiger partial charge in [-0.3, -0.25) is 9.59 Å². The molecule has 5 heteroatoms. The van der Waals surface area contributed by atoms with Crippen LogP contribution in [0.3, 0.4) is 0 Å². The first-order valence-corrected chi connectivity index (χ1v) is 7.20. The van der Waals surface area contributed by atoms with E-state index >= 15 is 0 Å². The molecule has 1 atom stereocenters. The van der Waals surface area contributed by atoms with Crippen molar-refractivity contribution >= 4 is 19.8 Å². The van der Waals surface area contributed by atoms with E-state index in [1.165, 1.54) is 0 Å². The summed E-state index contributed by atoms with van der Waals surface area (Å²) in [6.45, 7) is 5.74. The van der Waals surface area contributed by atoms with E-state index in [9.17, 15) is 9.59 Å². The van der Waals surface area contributed by atoms with Crippen molar-refractivity contribution in [3.05, 3.63) is 35.9 Å². The lowest BCUT2D eigenvalue weighted by atomic mass is 9.83. The van der Waals surface area contributed by atoms with E-state index in [2.05, 4.69) is 0 Å². The Morgan fingerprint density at radius 2 is 1.81 bits per heavy atom. The van der Waals surface area contributed by atoms with E-state index in [-0.39, 0.29) is 30.8 Å². The van der Waals surface area contributed by atoms with E-state index in [4.69, 9.17) is 9.47 Å². The molecular weight excluding hydrogens is 267 g/mol. The SMILES string of the molecule is B[C@@H](CCC(=O)OCc1ccccc1)C(=O)OC(C)(C)C. The van der Waals surface area contributed by atoms with Crippen LogP contribution in [0.2, 0.25) is 5.82 Å². The van der Waals surface area contributed by atoms with Gasteiger partial charge in [-0.15, -0.1) is 0 Å². The van der Waals surface area contributed by atoms with E-state index in [1.54, 1.807) is 7.85 Å². The number of ether oxygens (including phenoxy) is 2. The van der Waals surface area contributed by atoms with Crippen LogP contribution in [0, 0.1) is 0 Å². The standard InChI is InChI=1S/C16H23BO4/c1-16(2,3)21-15(19)13(17)9-10-14(18)20-11-12-7-5-4-6-8-12/h4-8,13H,9-11,17H2,1-3H3/t13-/m0/s1. The predicted molar refractivity (Wildman–Crippen MR) is 83.6 cm³/mol. The molecule has 0 fully saturated rings. The minimum absolute atomic E-state index is 0.216. The molecule has 0 unspecified atom stereocenters. The molecule has 0 aromatic heterocycles. The van der Waals surface area contributed by atoms with Crippen LogP contribution < -0.4 is 0 Å². The van der Waals surface area contributed by atoms with Gasteiger partial charge in [0.1, 0.15) is 20.1 Å². The van der Waals surface area contributed by atoms with Crippen LogP contribution in [-0.2, 0) is 25.7 Å². The van der Waals surface area contributed by atoms with Crippen LogP contribution in [0.5, 0.6) is 0 Å². The highest BCUT2D eigenvalue weighted by Crippen LogP contribution is 2.17. The maximum absolute atomic E-state index is 11.8. The quantitative estimate of drug-likeness (QED) is 0.596. The lowest BCUT2D eigenvalue weighted by molar-refractivity contribution is -0.155. The van der Waals surface area contributed by atoms with Gasteiger partial charge >= 0.3 is 11.9 Å². The Bertz CT molecular complexity index is 465. The Hall–Kier alpha value is -1.78. The zero-order valence-corrected chi connectivity index (χ0v) is 13.2. The van der Waals surface area contributed by atoms with Gasteiger partial charge in [0, 0.05) is 12.2 Å². The topological polar surface area (TPSA) is 52.6 Å². The Morgan fingerprint density at radius 1 is 1.19 bits per heavy atom. The van der Waals surface area contributed by atoms with Crippen LogP contribution in [0.15, 0.2) is 30.3 Å². The first kappa shape index (κ1) is 17.3. The number of hydrogen-bond acceptors (Lipinski definition) is 4. The Morgan fingerprint density at radius 3 is 2.38 bits per heavy atom. The fraction of sp³-hybridized carbons (Fsp3) is 0.500. The molecule has 0 aliphatic rings. The van der Waals surface area contributed by atoms with Crippen molar-refractivity contribution < 1.29 is 19.1 Å². The van der Waals surface area contributed by atoms with Gasteiger partial charge in [0.05, 0.1) is 0 Å². The van der Waals surface area contributed by atoms with E-state index in [0.717, 1.165) is 5.56 Å². The summed E-state index contributed by atoms with van der Waals surface area (Å²) >= 11 is 0. The summed E-state index contributed by atoms with van der Waals surface area (Å²) in [4.78, 5) is 23.4. The van der Waals surface area contributed by atoms with Crippen molar-refractivity contribution in [1.82, 2.24) is 0 Å². The summed E-state index contributed by atoms with van der Waals surface area (Å²) in [7, 11) is 1.76. The third-order valence-electron chi connectivity index (χ3n) is 2.83. The summed E-state index contributed by atoms with van der Waals surface area (Å²) < 4.78 is 10.4. The van der Waals surface area contributed by atoms with Gasteiger partial charge in [-0.25, -0.2) is 0 Å². The fourth-order valence-electron chi connectivity index (χ4n) is 1.66. The van der Waals surface area contributed by atoms with Crippen molar-refractivity contribution in [2.75, 3.05) is 0 Å². The Kier molecular flexibility index (Phi) is 6.47. The third kappa shape index (κ3) is 7.54. The van der Waals surface area contributed by atoms with Crippen molar-refractivity contribution in [2.24, 2.45) is 0 Å². The van der Waals surface area contributed by atoms with Gasteiger partial charge < -0.3 is 9.47 Å². The van der Waals surface area contributed by atoms with Crippen LogP contribution >= 0.6 is 0 Å². The minimum atomic E-state index is -0.501. The predicted octanol–water partition coefficient (Wildman–Crippen LogP) is 2.27. The van der Waals surface area contributed by atoms with Gasteiger partial charge in [-0.1, -0.05) is 30.3 Å². The second kappa shape index (κ2) is 7.86. The highest BCUT2D eigenvalue weighted by molar-refractivity contribution is 6.22. The molecule has 0 saturated carbocycles. The Balaban J connectivity index is 2.28.